The molecule has 1 N–H and O–H groups in total. The van der Waals surface area contributed by atoms with Crippen molar-refractivity contribution in [2.45, 2.75) is 6.42 Å². The first-order valence-corrected chi connectivity index (χ1v) is 6.00. The maximum absolute atomic E-state index is 11.7. The Morgan fingerprint density at radius 2 is 2.06 bits per heavy atom. The van der Waals surface area contributed by atoms with E-state index in [4.69, 9.17) is 11.6 Å². The van der Waals surface area contributed by atoms with E-state index in [1.165, 1.54) is 0 Å². The first kappa shape index (κ1) is 11.9. The normalized spacial score (nSPS) is 14.2. The number of ketones is 1. The van der Waals surface area contributed by atoms with Crippen molar-refractivity contribution in [3.63, 3.8) is 0 Å². The fourth-order valence-electron chi connectivity index (χ4n) is 1.74. The number of anilines is 1. The number of carbonyl (C=O) groups is 1. The average molecular weight is 248 g/mol. The Morgan fingerprint density at radius 3 is 2.76 bits per heavy atom. The third kappa shape index (κ3) is 3.46. The summed E-state index contributed by atoms with van der Waals surface area (Å²) in [5, 5.41) is 3.88. The molecule has 0 bridgehead atoms. The summed E-state index contributed by atoms with van der Waals surface area (Å²) in [6.45, 7) is 0.636. The number of benzene rings is 1. The SMILES string of the molecule is O=C(CCNc1cccc(Cl)c1)C1C=CC=C1. The molecular weight excluding hydrogens is 234 g/mol. The molecule has 0 atom stereocenters. The second-order valence-corrected chi connectivity index (χ2v) is 4.39. The second kappa shape index (κ2) is 5.69. The molecule has 0 fully saturated rings. The lowest BCUT2D eigenvalue weighted by atomic mass is 10.0. The predicted molar refractivity (Wildman–Crippen MR) is 71.3 cm³/mol. The van der Waals surface area contributed by atoms with E-state index < -0.39 is 0 Å². The van der Waals surface area contributed by atoms with Crippen molar-refractivity contribution >= 4 is 23.1 Å². The smallest absolute Gasteiger partial charge is 0.145 e. The Hall–Kier alpha value is -1.54. The van der Waals surface area contributed by atoms with Crippen molar-refractivity contribution in [1.29, 1.82) is 0 Å². The van der Waals surface area contributed by atoms with E-state index in [-0.39, 0.29) is 11.7 Å². The molecular formula is C14H14ClNO. The van der Waals surface area contributed by atoms with Gasteiger partial charge in [-0.15, -0.1) is 0 Å². The van der Waals surface area contributed by atoms with Gasteiger partial charge in [-0.3, -0.25) is 4.79 Å². The summed E-state index contributed by atoms with van der Waals surface area (Å²) in [6, 6.07) is 7.49. The van der Waals surface area contributed by atoms with Crippen LogP contribution in [0.25, 0.3) is 0 Å². The summed E-state index contributed by atoms with van der Waals surface area (Å²) in [5.74, 6) is 0.209. The van der Waals surface area contributed by atoms with Gasteiger partial charge in [-0.05, 0) is 18.2 Å². The van der Waals surface area contributed by atoms with E-state index >= 15 is 0 Å². The summed E-state index contributed by atoms with van der Waals surface area (Å²) < 4.78 is 0. The molecule has 0 aromatic heterocycles. The molecule has 2 nitrogen and oxygen atoms in total. The Bertz CT molecular complexity index is 453. The molecule has 1 aliphatic rings. The number of Topliss-reactive ketones (excluding diaryl/α,β-unsaturated/α-hetero) is 1. The van der Waals surface area contributed by atoms with Crippen LogP contribution in [0.1, 0.15) is 6.42 Å². The molecule has 0 heterocycles. The minimum absolute atomic E-state index is 0.0313. The van der Waals surface area contributed by atoms with Crippen molar-refractivity contribution in [1.82, 2.24) is 0 Å². The molecule has 1 aromatic carbocycles. The molecule has 0 radical (unpaired) electrons. The van der Waals surface area contributed by atoms with Crippen molar-refractivity contribution < 1.29 is 4.79 Å². The zero-order chi connectivity index (χ0) is 12.1. The Morgan fingerprint density at radius 1 is 1.29 bits per heavy atom. The summed E-state index contributed by atoms with van der Waals surface area (Å²) in [4.78, 5) is 11.7. The van der Waals surface area contributed by atoms with Crippen molar-refractivity contribution in [3.05, 3.63) is 53.6 Å². The molecule has 0 saturated carbocycles. The third-order valence-corrected chi connectivity index (χ3v) is 2.88. The van der Waals surface area contributed by atoms with E-state index in [0.29, 0.717) is 18.0 Å². The summed E-state index contributed by atoms with van der Waals surface area (Å²) in [5.41, 5.74) is 0.947. The van der Waals surface area contributed by atoms with Crippen LogP contribution in [0.15, 0.2) is 48.6 Å². The van der Waals surface area contributed by atoms with Crippen LogP contribution in [0.2, 0.25) is 5.02 Å². The van der Waals surface area contributed by atoms with E-state index in [2.05, 4.69) is 5.32 Å². The van der Waals surface area contributed by atoms with E-state index in [9.17, 15) is 4.79 Å². The molecule has 0 saturated heterocycles. The zero-order valence-electron chi connectivity index (χ0n) is 9.40. The fraction of sp³-hybridized carbons (Fsp3) is 0.214. The monoisotopic (exact) mass is 247 g/mol. The highest BCUT2D eigenvalue weighted by atomic mass is 35.5. The largest absolute Gasteiger partial charge is 0.385 e. The summed E-state index contributed by atoms with van der Waals surface area (Å²) in [6.07, 6.45) is 8.18. The molecule has 17 heavy (non-hydrogen) atoms. The van der Waals surface area contributed by atoms with Gasteiger partial charge < -0.3 is 5.32 Å². The molecule has 0 spiro atoms. The van der Waals surface area contributed by atoms with Crippen LogP contribution in [0, 0.1) is 5.92 Å². The Balaban J connectivity index is 1.78. The van der Waals surface area contributed by atoms with Crippen LogP contribution in [0.4, 0.5) is 5.69 Å². The van der Waals surface area contributed by atoms with Crippen LogP contribution in [-0.2, 0) is 4.79 Å². The molecule has 1 aromatic rings. The first-order valence-electron chi connectivity index (χ1n) is 5.63. The number of allylic oxidation sites excluding steroid dienone is 4. The molecule has 0 amide bonds. The van der Waals surface area contributed by atoms with Gasteiger partial charge in [0, 0.05) is 23.7 Å². The highest BCUT2D eigenvalue weighted by Crippen LogP contribution is 2.15. The van der Waals surface area contributed by atoms with Crippen LogP contribution < -0.4 is 5.32 Å². The molecule has 88 valence electrons. The molecule has 2 rings (SSSR count). The summed E-state index contributed by atoms with van der Waals surface area (Å²) in [7, 11) is 0. The molecule has 0 unspecified atom stereocenters. The number of halogens is 1. The molecule has 3 heteroatoms. The Kier molecular flexibility index (Phi) is 3.99. The average Bonchev–Trinajstić information content (AvgIpc) is 2.82. The van der Waals surface area contributed by atoms with Gasteiger partial charge in [-0.25, -0.2) is 0 Å². The summed E-state index contributed by atoms with van der Waals surface area (Å²) >= 11 is 5.86. The molecule has 1 aliphatic carbocycles. The van der Waals surface area contributed by atoms with Crippen molar-refractivity contribution in [3.8, 4) is 0 Å². The standard InChI is InChI=1S/C14H14ClNO/c15-12-6-3-7-13(10-12)16-9-8-14(17)11-4-1-2-5-11/h1-7,10-11,16H,8-9H2. The van der Waals surface area contributed by atoms with Crippen LogP contribution in [0.3, 0.4) is 0 Å². The van der Waals surface area contributed by atoms with Crippen LogP contribution in [0.5, 0.6) is 0 Å². The third-order valence-electron chi connectivity index (χ3n) is 2.64. The van der Waals surface area contributed by atoms with Gasteiger partial charge >= 0.3 is 0 Å². The topological polar surface area (TPSA) is 29.1 Å². The number of hydrogen-bond donors (Lipinski definition) is 1. The zero-order valence-corrected chi connectivity index (χ0v) is 10.2. The van der Waals surface area contributed by atoms with E-state index in [1.54, 1.807) is 0 Å². The van der Waals surface area contributed by atoms with Gasteiger partial charge in [0.05, 0.1) is 5.92 Å². The highest BCUT2D eigenvalue weighted by molar-refractivity contribution is 6.30. The van der Waals surface area contributed by atoms with Gasteiger partial charge in [0.15, 0.2) is 0 Å². The van der Waals surface area contributed by atoms with Crippen molar-refractivity contribution in [2.75, 3.05) is 11.9 Å². The number of nitrogens with one attached hydrogen (secondary N) is 1. The minimum atomic E-state index is -0.0313. The predicted octanol–water partition coefficient (Wildman–Crippen LogP) is 3.45. The molecule has 0 aliphatic heterocycles. The highest BCUT2D eigenvalue weighted by Gasteiger charge is 2.13. The maximum Gasteiger partial charge on any atom is 0.145 e. The van der Waals surface area contributed by atoms with Gasteiger partial charge in [-0.1, -0.05) is 42.0 Å². The Labute approximate surface area is 106 Å². The number of carbonyl (C=O) groups excluding carboxylic acids is 1. The van der Waals surface area contributed by atoms with Crippen LogP contribution in [-0.4, -0.2) is 12.3 Å². The van der Waals surface area contributed by atoms with Gasteiger partial charge in [0.2, 0.25) is 0 Å². The van der Waals surface area contributed by atoms with Crippen molar-refractivity contribution in [2.24, 2.45) is 5.92 Å². The minimum Gasteiger partial charge on any atom is -0.385 e. The number of hydrogen-bond acceptors (Lipinski definition) is 2. The quantitative estimate of drug-likeness (QED) is 0.864. The second-order valence-electron chi connectivity index (χ2n) is 3.95. The lowest BCUT2D eigenvalue weighted by Gasteiger charge is -2.07. The van der Waals surface area contributed by atoms with Gasteiger partial charge in [0.25, 0.3) is 0 Å². The maximum atomic E-state index is 11.7. The van der Waals surface area contributed by atoms with Gasteiger partial charge in [-0.2, -0.15) is 0 Å². The van der Waals surface area contributed by atoms with E-state index in [1.807, 2.05) is 48.6 Å². The number of rotatable bonds is 5. The lowest BCUT2D eigenvalue weighted by Crippen LogP contribution is -2.14. The fourth-order valence-corrected chi connectivity index (χ4v) is 1.93. The van der Waals surface area contributed by atoms with E-state index in [0.717, 1.165) is 5.69 Å². The first-order chi connectivity index (χ1) is 8.25. The van der Waals surface area contributed by atoms with Gasteiger partial charge in [0.1, 0.15) is 5.78 Å². The van der Waals surface area contributed by atoms with Crippen LogP contribution >= 0.6 is 11.6 Å². The lowest BCUT2D eigenvalue weighted by molar-refractivity contribution is -0.120.